The fraction of sp³-hybridized carbons (Fsp3) is 0.316. The third-order valence-electron chi connectivity index (χ3n) is 4.51. The fourth-order valence-electron chi connectivity index (χ4n) is 3.10. The van der Waals surface area contributed by atoms with Crippen LogP contribution in [0.15, 0.2) is 42.5 Å². The number of amides is 1. The van der Waals surface area contributed by atoms with Crippen LogP contribution in [0.1, 0.15) is 23.6 Å². The number of hydrogen-bond donors (Lipinski definition) is 3. The maximum atomic E-state index is 12.5. The zero-order chi connectivity index (χ0) is 17.2. The second-order valence-corrected chi connectivity index (χ2v) is 6.39. The van der Waals surface area contributed by atoms with Gasteiger partial charge in [-0.15, -0.1) is 0 Å². The summed E-state index contributed by atoms with van der Waals surface area (Å²) in [7, 11) is 0. The van der Waals surface area contributed by atoms with Crippen molar-refractivity contribution in [2.24, 2.45) is 0 Å². The molecule has 1 fully saturated rings. The summed E-state index contributed by atoms with van der Waals surface area (Å²) in [6.07, 6.45) is 0.694. The summed E-state index contributed by atoms with van der Waals surface area (Å²) in [6.45, 7) is 3.14. The maximum absolute atomic E-state index is 12.5. The van der Waals surface area contributed by atoms with E-state index in [1.807, 2.05) is 12.1 Å². The van der Waals surface area contributed by atoms with Crippen molar-refractivity contribution in [3.63, 3.8) is 0 Å². The van der Waals surface area contributed by atoms with Gasteiger partial charge in [0.1, 0.15) is 19.3 Å². The minimum atomic E-state index is -0.292. The minimum absolute atomic E-state index is 0.0706. The second-order valence-electron chi connectivity index (χ2n) is 6.39. The van der Waals surface area contributed by atoms with Crippen molar-refractivity contribution >= 4 is 11.6 Å². The molecule has 0 saturated carbocycles. The summed E-state index contributed by atoms with van der Waals surface area (Å²) >= 11 is 0. The third-order valence-corrected chi connectivity index (χ3v) is 4.51. The molecule has 25 heavy (non-hydrogen) atoms. The van der Waals surface area contributed by atoms with E-state index < -0.39 is 0 Å². The number of benzene rings is 2. The van der Waals surface area contributed by atoms with Gasteiger partial charge >= 0.3 is 0 Å². The largest absolute Gasteiger partial charge is 0.486 e. The Bertz CT molecular complexity index is 776. The Labute approximate surface area is 146 Å². The summed E-state index contributed by atoms with van der Waals surface area (Å²) in [5, 5.41) is 2.94. The molecule has 2 aromatic rings. The molecule has 6 heteroatoms. The van der Waals surface area contributed by atoms with Crippen LogP contribution in [0.2, 0.25) is 0 Å². The van der Waals surface area contributed by atoms with Crippen molar-refractivity contribution < 1.29 is 14.3 Å². The molecule has 2 aromatic carbocycles. The van der Waals surface area contributed by atoms with Gasteiger partial charge in [0.15, 0.2) is 11.5 Å². The van der Waals surface area contributed by atoms with Crippen LogP contribution in [-0.2, 0) is 4.79 Å². The fourth-order valence-corrected chi connectivity index (χ4v) is 3.10. The zero-order valence-electron chi connectivity index (χ0n) is 14.0. The Morgan fingerprint density at radius 1 is 1.04 bits per heavy atom. The van der Waals surface area contributed by atoms with Crippen LogP contribution in [0.4, 0.5) is 5.69 Å². The Balaban J connectivity index is 1.39. The monoisotopic (exact) mass is 339 g/mol. The van der Waals surface area contributed by atoms with Crippen molar-refractivity contribution in [1.29, 1.82) is 0 Å². The lowest BCUT2D eigenvalue weighted by molar-refractivity contribution is -0.117. The van der Waals surface area contributed by atoms with Gasteiger partial charge in [0.05, 0.1) is 0 Å². The van der Waals surface area contributed by atoms with Crippen molar-refractivity contribution in [3.8, 4) is 11.5 Å². The third kappa shape index (κ3) is 3.45. The summed E-state index contributed by atoms with van der Waals surface area (Å²) in [5.41, 5.74) is 9.39. The molecule has 2 aliphatic rings. The first-order valence-corrected chi connectivity index (χ1v) is 8.47. The van der Waals surface area contributed by atoms with Crippen molar-refractivity contribution in [2.45, 2.75) is 25.4 Å². The maximum Gasteiger partial charge on any atom is 0.242 e. The molecular weight excluding hydrogens is 318 g/mol. The first kappa shape index (κ1) is 15.9. The molecule has 1 amide bonds. The van der Waals surface area contributed by atoms with E-state index in [1.54, 1.807) is 6.07 Å². The Morgan fingerprint density at radius 2 is 1.80 bits per heavy atom. The van der Waals surface area contributed by atoms with Crippen LogP contribution in [0.25, 0.3) is 0 Å². The molecule has 2 atom stereocenters. The normalized spacial score (nSPS) is 21.8. The first-order chi connectivity index (χ1) is 12.2. The van der Waals surface area contributed by atoms with Crippen LogP contribution < -0.4 is 25.6 Å². The van der Waals surface area contributed by atoms with Crippen LogP contribution in [0.5, 0.6) is 11.5 Å². The van der Waals surface area contributed by atoms with Crippen LogP contribution in [0, 0.1) is 6.92 Å². The predicted octanol–water partition coefficient (Wildman–Crippen LogP) is 2.31. The van der Waals surface area contributed by atoms with Gasteiger partial charge in [-0.25, -0.2) is 10.9 Å². The summed E-state index contributed by atoms with van der Waals surface area (Å²) in [4.78, 5) is 12.5. The van der Waals surface area contributed by atoms with Crippen LogP contribution in [0.3, 0.4) is 0 Å². The smallest absolute Gasteiger partial charge is 0.242 e. The van der Waals surface area contributed by atoms with Gasteiger partial charge in [-0.3, -0.25) is 4.79 Å². The molecule has 3 N–H and O–H groups in total. The van der Waals surface area contributed by atoms with E-state index >= 15 is 0 Å². The lowest BCUT2D eigenvalue weighted by Gasteiger charge is -2.19. The minimum Gasteiger partial charge on any atom is -0.486 e. The predicted molar refractivity (Wildman–Crippen MR) is 94.7 cm³/mol. The van der Waals surface area contributed by atoms with Crippen molar-refractivity contribution in [3.05, 3.63) is 53.6 Å². The van der Waals surface area contributed by atoms with Gasteiger partial charge in [0.25, 0.3) is 0 Å². The molecule has 0 spiro atoms. The lowest BCUT2D eigenvalue weighted by Crippen LogP contribution is -2.39. The number of ether oxygens (including phenoxy) is 2. The van der Waals surface area contributed by atoms with Gasteiger partial charge in [-0.05, 0) is 31.0 Å². The van der Waals surface area contributed by atoms with E-state index in [2.05, 4.69) is 47.4 Å². The van der Waals surface area contributed by atoms with Crippen molar-refractivity contribution in [2.75, 3.05) is 18.5 Å². The van der Waals surface area contributed by atoms with Gasteiger partial charge in [0, 0.05) is 17.8 Å². The number of anilines is 1. The summed E-state index contributed by atoms with van der Waals surface area (Å²) < 4.78 is 11.0. The van der Waals surface area contributed by atoms with E-state index in [-0.39, 0.29) is 18.0 Å². The Kier molecular flexibility index (Phi) is 4.29. The molecular formula is C19H21N3O3. The summed E-state index contributed by atoms with van der Waals surface area (Å²) in [6, 6.07) is 13.6. The Hall–Kier alpha value is -2.57. The van der Waals surface area contributed by atoms with E-state index in [0.29, 0.717) is 36.8 Å². The number of carbonyl (C=O) groups is 1. The van der Waals surface area contributed by atoms with E-state index in [1.165, 1.54) is 11.1 Å². The molecule has 130 valence electrons. The lowest BCUT2D eigenvalue weighted by atomic mass is 10.0. The number of hydrogen-bond acceptors (Lipinski definition) is 5. The number of aryl methyl sites for hydroxylation is 1. The quantitative estimate of drug-likeness (QED) is 0.800. The average Bonchev–Trinajstić information content (AvgIpc) is 3.12. The SMILES string of the molecule is Cc1ccc(C2CC(C(=O)Nc3ccc4c(c3)OCCO4)NN2)cc1. The number of rotatable bonds is 3. The second kappa shape index (κ2) is 6.74. The highest BCUT2D eigenvalue weighted by Gasteiger charge is 2.30. The number of fused-ring (bicyclic) bond motifs is 1. The number of carbonyl (C=O) groups excluding carboxylic acids is 1. The molecule has 0 aromatic heterocycles. The molecule has 2 aliphatic heterocycles. The Morgan fingerprint density at radius 3 is 2.60 bits per heavy atom. The van der Waals surface area contributed by atoms with Crippen molar-refractivity contribution in [1.82, 2.24) is 10.9 Å². The number of hydrazine groups is 1. The van der Waals surface area contributed by atoms with E-state index in [0.717, 1.165) is 0 Å². The zero-order valence-corrected chi connectivity index (χ0v) is 14.0. The molecule has 0 radical (unpaired) electrons. The molecule has 2 unspecified atom stereocenters. The molecule has 4 rings (SSSR count). The molecule has 1 saturated heterocycles. The number of nitrogens with one attached hydrogen (secondary N) is 3. The molecule has 6 nitrogen and oxygen atoms in total. The van der Waals surface area contributed by atoms with E-state index in [9.17, 15) is 4.79 Å². The van der Waals surface area contributed by atoms with Gasteiger partial charge in [-0.1, -0.05) is 29.8 Å². The molecule has 0 aliphatic carbocycles. The van der Waals surface area contributed by atoms with Crippen LogP contribution >= 0.6 is 0 Å². The first-order valence-electron chi connectivity index (χ1n) is 8.47. The molecule has 2 heterocycles. The molecule has 0 bridgehead atoms. The van der Waals surface area contributed by atoms with Gasteiger partial charge < -0.3 is 14.8 Å². The van der Waals surface area contributed by atoms with E-state index in [4.69, 9.17) is 9.47 Å². The van der Waals surface area contributed by atoms with Gasteiger partial charge in [0.2, 0.25) is 5.91 Å². The highest BCUT2D eigenvalue weighted by Crippen LogP contribution is 2.33. The topological polar surface area (TPSA) is 71.6 Å². The van der Waals surface area contributed by atoms with Crippen LogP contribution in [-0.4, -0.2) is 25.2 Å². The summed E-state index contributed by atoms with van der Waals surface area (Å²) in [5.74, 6) is 1.31. The van der Waals surface area contributed by atoms with Gasteiger partial charge in [-0.2, -0.15) is 0 Å². The standard InChI is InChI=1S/C19H21N3O3/c1-12-2-4-13(5-3-12)15-11-16(22-21-15)19(23)20-14-6-7-17-18(10-14)25-9-8-24-17/h2-7,10,15-16,21-22H,8-9,11H2,1H3,(H,20,23). The highest BCUT2D eigenvalue weighted by molar-refractivity contribution is 5.95. The average molecular weight is 339 g/mol. The highest BCUT2D eigenvalue weighted by atomic mass is 16.6.